The van der Waals surface area contributed by atoms with Crippen molar-refractivity contribution in [1.82, 2.24) is 29.7 Å². The highest BCUT2D eigenvalue weighted by molar-refractivity contribution is 7.98. The van der Waals surface area contributed by atoms with Crippen LogP contribution in [0.2, 0.25) is 0 Å². The van der Waals surface area contributed by atoms with Gasteiger partial charge in [0.15, 0.2) is 17.2 Å². The average Bonchev–Trinajstić information content (AvgIpc) is 3.34. The van der Waals surface area contributed by atoms with E-state index in [4.69, 9.17) is 30.3 Å². The normalized spacial score (nSPS) is 17.7. The number of thioether (sulfide) groups is 1. The van der Waals surface area contributed by atoms with Crippen LogP contribution in [-0.4, -0.2) is 55.7 Å². The summed E-state index contributed by atoms with van der Waals surface area (Å²) in [5, 5.41) is 6.42. The highest BCUT2D eigenvalue weighted by atomic mass is 32.2. The molecule has 1 aromatic carbocycles. The van der Waals surface area contributed by atoms with E-state index in [1.54, 1.807) is 12.4 Å². The fourth-order valence-corrected chi connectivity index (χ4v) is 6.58. The second-order valence-electron chi connectivity index (χ2n) is 11.1. The molecule has 2 atom stereocenters. The number of fused-ring (bicyclic) bond motifs is 1. The van der Waals surface area contributed by atoms with E-state index in [1.165, 1.54) is 11.8 Å². The zero-order valence-electron chi connectivity index (χ0n) is 24.6. The molecule has 1 fully saturated rings. The summed E-state index contributed by atoms with van der Waals surface area (Å²) in [7, 11) is 0. The molecule has 222 valence electrons. The number of aromatic nitrogens is 6. The van der Waals surface area contributed by atoms with Gasteiger partial charge in [-0.25, -0.2) is 29.0 Å². The molecule has 7 rings (SSSR count). The molecular formula is C31H33FN8O2S. The number of ether oxygens (including phenoxy) is 2. The zero-order chi connectivity index (χ0) is 29.8. The van der Waals surface area contributed by atoms with Gasteiger partial charge < -0.3 is 20.1 Å². The van der Waals surface area contributed by atoms with E-state index in [0.29, 0.717) is 53.4 Å². The molecule has 1 saturated heterocycles. The molecule has 0 spiro atoms. The Morgan fingerprint density at radius 3 is 2.79 bits per heavy atom. The Bertz CT molecular complexity index is 1870. The molecule has 0 saturated carbocycles. The standard InChI is InChI=1S/C31H33FN8O2S/c1-16-14-21-20(15-35-40(21)22-9-5-6-12-41-22)23(17(16)2)26-25(32)27-24-29(38-31(37-27)43-4)39(11-13-42-30(24)36-26)18(3)19-8-7-10-34-28(19)33/h7-8,10,14-15,18,22H,5-6,9,11-13H2,1-4H3,(H2,33,34). The third kappa shape index (κ3) is 4.54. The van der Waals surface area contributed by atoms with Crippen LogP contribution in [0.5, 0.6) is 5.88 Å². The first kappa shape index (κ1) is 27.8. The number of benzene rings is 1. The number of hydrogen-bond donors (Lipinski definition) is 1. The summed E-state index contributed by atoms with van der Waals surface area (Å²) in [4.78, 5) is 20.7. The largest absolute Gasteiger partial charge is 0.475 e. The van der Waals surface area contributed by atoms with Crippen LogP contribution < -0.4 is 15.4 Å². The van der Waals surface area contributed by atoms with Gasteiger partial charge >= 0.3 is 0 Å². The summed E-state index contributed by atoms with van der Waals surface area (Å²) < 4.78 is 31.1. The van der Waals surface area contributed by atoms with Crippen LogP contribution in [0.4, 0.5) is 16.0 Å². The van der Waals surface area contributed by atoms with Gasteiger partial charge in [0.1, 0.15) is 34.8 Å². The second-order valence-corrected chi connectivity index (χ2v) is 11.8. The van der Waals surface area contributed by atoms with E-state index in [2.05, 4.69) is 20.9 Å². The van der Waals surface area contributed by atoms with Crippen molar-refractivity contribution in [3.63, 3.8) is 0 Å². The van der Waals surface area contributed by atoms with E-state index < -0.39 is 5.82 Å². The number of nitrogen functional groups attached to an aromatic ring is 1. The van der Waals surface area contributed by atoms with Crippen molar-refractivity contribution >= 4 is 45.2 Å². The maximum absolute atomic E-state index is 16.9. The zero-order valence-corrected chi connectivity index (χ0v) is 25.4. The van der Waals surface area contributed by atoms with Gasteiger partial charge in [-0.1, -0.05) is 17.8 Å². The first-order chi connectivity index (χ1) is 20.9. The van der Waals surface area contributed by atoms with Crippen molar-refractivity contribution in [3.05, 3.63) is 53.1 Å². The van der Waals surface area contributed by atoms with Crippen LogP contribution in [0.25, 0.3) is 33.1 Å². The molecule has 2 aliphatic rings. The van der Waals surface area contributed by atoms with Crippen LogP contribution in [-0.2, 0) is 4.74 Å². The minimum Gasteiger partial charge on any atom is -0.475 e. The van der Waals surface area contributed by atoms with Crippen LogP contribution in [0.3, 0.4) is 0 Å². The van der Waals surface area contributed by atoms with Gasteiger partial charge in [0, 0.05) is 29.3 Å². The topological polar surface area (TPSA) is 117 Å². The summed E-state index contributed by atoms with van der Waals surface area (Å²) in [6, 6.07) is 5.69. The number of halogens is 1. The summed E-state index contributed by atoms with van der Waals surface area (Å²) in [6.07, 6.45) is 8.19. The molecule has 0 bridgehead atoms. The molecule has 4 aromatic heterocycles. The predicted molar refractivity (Wildman–Crippen MR) is 166 cm³/mol. The summed E-state index contributed by atoms with van der Waals surface area (Å²) in [6.45, 7) is 7.56. The van der Waals surface area contributed by atoms with E-state index in [0.717, 1.165) is 46.9 Å². The molecule has 0 amide bonds. The molecule has 12 heteroatoms. The van der Waals surface area contributed by atoms with Crippen molar-refractivity contribution in [2.75, 3.05) is 36.6 Å². The number of pyridine rings is 2. The fraction of sp³-hybridized carbons (Fsp3) is 0.387. The lowest BCUT2D eigenvalue weighted by Crippen LogP contribution is -2.31. The molecule has 6 heterocycles. The second kappa shape index (κ2) is 10.9. The Balaban J connectivity index is 1.45. The first-order valence-electron chi connectivity index (χ1n) is 14.5. The van der Waals surface area contributed by atoms with E-state index in [-0.39, 0.29) is 23.5 Å². The third-order valence-corrected chi connectivity index (χ3v) is 9.16. The van der Waals surface area contributed by atoms with Crippen LogP contribution in [0, 0.1) is 19.7 Å². The van der Waals surface area contributed by atoms with Crippen molar-refractivity contribution in [2.45, 2.75) is 57.5 Å². The summed E-state index contributed by atoms with van der Waals surface area (Å²) in [5.41, 5.74) is 11.0. The predicted octanol–water partition coefficient (Wildman–Crippen LogP) is 6.16. The Hall–Kier alpha value is -4.03. The maximum atomic E-state index is 16.9. The lowest BCUT2D eigenvalue weighted by atomic mass is 9.95. The van der Waals surface area contributed by atoms with Crippen LogP contribution >= 0.6 is 11.8 Å². The highest BCUT2D eigenvalue weighted by Crippen LogP contribution is 2.44. The van der Waals surface area contributed by atoms with Crippen LogP contribution in [0.1, 0.15) is 55.1 Å². The molecule has 0 aliphatic carbocycles. The Morgan fingerprint density at radius 1 is 1.16 bits per heavy atom. The van der Waals surface area contributed by atoms with E-state index in [1.807, 2.05) is 43.8 Å². The molecular weight excluding hydrogens is 567 g/mol. The molecule has 5 aromatic rings. The Morgan fingerprint density at radius 2 is 2.02 bits per heavy atom. The van der Waals surface area contributed by atoms with E-state index >= 15 is 4.39 Å². The lowest BCUT2D eigenvalue weighted by molar-refractivity contribution is -0.0366. The number of nitrogens with zero attached hydrogens (tertiary/aromatic N) is 7. The molecule has 43 heavy (non-hydrogen) atoms. The molecule has 10 nitrogen and oxygen atoms in total. The number of rotatable bonds is 5. The molecule has 2 aliphatic heterocycles. The summed E-state index contributed by atoms with van der Waals surface area (Å²) >= 11 is 1.36. The molecule has 0 radical (unpaired) electrons. The van der Waals surface area contributed by atoms with Crippen molar-refractivity contribution in [1.29, 1.82) is 0 Å². The number of hydrogen-bond acceptors (Lipinski definition) is 10. The minimum atomic E-state index is -0.520. The van der Waals surface area contributed by atoms with E-state index in [9.17, 15) is 0 Å². The van der Waals surface area contributed by atoms with Crippen molar-refractivity contribution in [2.24, 2.45) is 0 Å². The molecule has 2 unspecified atom stereocenters. The fourth-order valence-electron chi connectivity index (χ4n) is 6.22. The van der Waals surface area contributed by atoms with Gasteiger partial charge in [0.25, 0.3) is 0 Å². The summed E-state index contributed by atoms with van der Waals surface area (Å²) in [5.74, 6) is 0.783. The van der Waals surface area contributed by atoms with Gasteiger partial charge in [-0.2, -0.15) is 5.10 Å². The van der Waals surface area contributed by atoms with Gasteiger partial charge in [0.05, 0.1) is 24.3 Å². The van der Waals surface area contributed by atoms with Gasteiger partial charge in [-0.3, -0.25) is 0 Å². The van der Waals surface area contributed by atoms with Crippen molar-refractivity contribution in [3.8, 4) is 17.1 Å². The quantitative estimate of drug-likeness (QED) is 0.186. The number of aryl methyl sites for hydroxylation is 1. The van der Waals surface area contributed by atoms with Gasteiger partial charge in [-0.05, 0) is 69.5 Å². The molecule has 2 N–H and O–H groups in total. The highest BCUT2D eigenvalue weighted by Gasteiger charge is 2.32. The van der Waals surface area contributed by atoms with Gasteiger partial charge in [0.2, 0.25) is 5.88 Å². The first-order valence-corrected chi connectivity index (χ1v) is 15.7. The van der Waals surface area contributed by atoms with Crippen molar-refractivity contribution < 1.29 is 13.9 Å². The lowest BCUT2D eigenvalue weighted by Gasteiger charge is -2.30. The monoisotopic (exact) mass is 600 g/mol. The average molecular weight is 601 g/mol. The minimum absolute atomic E-state index is 0.148. The number of nitrogens with two attached hydrogens (primary N) is 1. The third-order valence-electron chi connectivity index (χ3n) is 8.62. The maximum Gasteiger partial charge on any atom is 0.227 e. The van der Waals surface area contributed by atoms with Gasteiger partial charge in [-0.15, -0.1) is 0 Å². The Kier molecular flexibility index (Phi) is 7.05. The SMILES string of the molecule is CSc1nc2c3c(nc(-c4c(C)c(C)cc5c4cnn5C4CCCCO4)c(F)c3n1)OCCN2C(C)c1cccnc1N. The smallest absolute Gasteiger partial charge is 0.227 e. The Labute approximate surface area is 252 Å². The van der Waals surface area contributed by atoms with Crippen LogP contribution in [0.15, 0.2) is 35.7 Å². The number of anilines is 2.